The SMILES string of the molecule is CCCCC[C@@H]1C[C@]2(C=O)[C@H]3CC[C@@]4(C)[C@](O)(C[C@@H]5C=C(CNCCCOC)[C@H]6OC(=O)C=C6[C@@]54CO)[C@]3(O)C[C@H]3C[C@H]([C@@H](C)C4CCCC4)CC[C@@H]([C@H]1O)[C@@]32O. The molecular formula is C47H73NO9. The number of carbonyl (C=O) groups excluding carboxylic acids is 2. The third kappa shape index (κ3) is 5.72. The first-order valence-corrected chi connectivity index (χ1v) is 23.0. The zero-order valence-corrected chi connectivity index (χ0v) is 35.2. The number of rotatable bonds is 14. The zero-order chi connectivity index (χ0) is 40.6. The van der Waals surface area contributed by atoms with Gasteiger partial charge in [0.25, 0.3) is 0 Å². The Morgan fingerprint density at radius 3 is 2.51 bits per heavy atom. The van der Waals surface area contributed by atoms with Gasteiger partial charge in [0, 0.05) is 49.0 Å². The fraction of sp³-hybridized carbons (Fsp3) is 0.872. The first-order valence-electron chi connectivity index (χ1n) is 23.0. The van der Waals surface area contributed by atoms with Gasteiger partial charge in [-0.2, -0.15) is 0 Å². The molecule has 6 N–H and O–H groups in total. The van der Waals surface area contributed by atoms with E-state index in [-0.39, 0.29) is 37.7 Å². The Kier molecular flexibility index (Phi) is 11.3. The molecule has 0 amide bonds. The maximum absolute atomic E-state index is 14.3. The van der Waals surface area contributed by atoms with Crippen molar-refractivity contribution in [2.45, 2.75) is 159 Å². The second-order valence-electron chi connectivity index (χ2n) is 20.7. The Labute approximate surface area is 340 Å². The van der Waals surface area contributed by atoms with E-state index in [1.807, 2.05) is 6.92 Å². The van der Waals surface area contributed by atoms with Crippen LogP contribution in [-0.2, 0) is 19.1 Å². The lowest BCUT2D eigenvalue weighted by atomic mass is 9.34. The second-order valence-corrected chi connectivity index (χ2v) is 20.7. The first-order chi connectivity index (χ1) is 27.3. The van der Waals surface area contributed by atoms with E-state index in [0.717, 1.165) is 50.4 Å². The Bertz CT molecular complexity index is 1590. The number of ether oxygens (including phenoxy) is 2. The summed E-state index contributed by atoms with van der Waals surface area (Å²) in [6.07, 6.45) is 16.1. The van der Waals surface area contributed by atoms with Gasteiger partial charge < -0.3 is 45.1 Å². The van der Waals surface area contributed by atoms with Crippen LogP contribution in [0, 0.1) is 63.6 Å². The molecule has 0 radical (unpaired) electrons. The minimum absolute atomic E-state index is 0.122. The second kappa shape index (κ2) is 15.4. The molecule has 0 spiro atoms. The highest BCUT2D eigenvalue weighted by Gasteiger charge is 2.85. The monoisotopic (exact) mass is 796 g/mol. The van der Waals surface area contributed by atoms with Gasteiger partial charge in [0.2, 0.25) is 0 Å². The van der Waals surface area contributed by atoms with Crippen molar-refractivity contribution < 1.29 is 44.6 Å². The summed E-state index contributed by atoms with van der Waals surface area (Å²) >= 11 is 0. The van der Waals surface area contributed by atoms with Gasteiger partial charge in [0.05, 0.1) is 29.3 Å². The molecule has 10 nitrogen and oxygen atoms in total. The van der Waals surface area contributed by atoms with Crippen molar-refractivity contribution in [3.05, 3.63) is 23.3 Å². The summed E-state index contributed by atoms with van der Waals surface area (Å²) in [6.45, 7) is 7.97. The van der Waals surface area contributed by atoms with Crippen LogP contribution >= 0.6 is 0 Å². The van der Waals surface area contributed by atoms with Crippen LogP contribution in [0.5, 0.6) is 0 Å². The van der Waals surface area contributed by atoms with Gasteiger partial charge in [-0.05, 0) is 117 Å². The van der Waals surface area contributed by atoms with E-state index >= 15 is 0 Å². The van der Waals surface area contributed by atoms with Crippen LogP contribution in [-0.4, -0.2) is 100 Å². The van der Waals surface area contributed by atoms with Crippen molar-refractivity contribution in [3.8, 4) is 0 Å². The third-order valence-electron chi connectivity index (χ3n) is 18.9. The molecule has 6 saturated carbocycles. The maximum Gasteiger partial charge on any atom is 0.331 e. The summed E-state index contributed by atoms with van der Waals surface area (Å²) < 4.78 is 11.2. The number of aldehydes is 1. The number of aliphatic hydroxyl groups excluding tert-OH is 2. The van der Waals surface area contributed by atoms with Gasteiger partial charge in [0.15, 0.2) is 0 Å². The Morgan fingerprint density at radius 1 is 1.04 bits per heavy atom. The lowest BCUT2D eigenvalue weighted by Gasteiger charge is -2.72. The van der Waals surface area contributed by atoms with Crippen LogP contribution in [0.3, 0.4) is 0 Å². The summed E-state index contributed by atoms with van der Waals surface area (Å²) in [7, 11) is 1.67. The average Bonchev–Trinajstić information content (AvgIpc) is 3.89. The van der Waals surface area contributed by atoms with E-state index in [0.29, 0.717) is 62.8 Å². The van der Waals surface area contributed by atoms with E-state index < -0.39 is 74.9 Å². The Morgan fingerprint density at radius 2 is 1.81 bits per heavy atom. The molecule has 8 rings (SSSR count). The predicted molar refractivity (Wildman–Crippen MR) is 216 cm³/mol. The number of allylic oxidation sites excluding steroid dienone is 1. The number of methoxy groups -OCH3 is 1. The molecule has 1 heterocycles. The molecule has 0 unspecified atom stereocenters. The fourth-order valence-electron chi connectivity index (χ4n) is 16.1. The molecular weight excluding hydrogens is 723 g/mol. The van der Waals surface area contributed by atoms with E-state index in [1.165, 1.54) is 31.8 Å². The summed E-state index contributed by atoms with van der Waals surface area (Å²) in [5, 5.41) is 69.0. The quantitative estimate of drug-likeness (QED) is 0.0579. The average molecular weight is 796 g/mol. The Hall–Kier alpha value is -1.66. The van der Waals surface area contributed by atoms with Gasteiger partial charge in [0.1, 0.15) is 18.0 Å². The van der Waals surface area contributed by atoms with E-state index in [9.17, 15) is 35.1 Å². The number of carbonyl (C=O) groups is 2. The standard InChI is InChI=1S/C47H73NO9/c1-5-6-7-13-32-23-43(27-49)38-16-17-42(3)44(28-50)34(21-33(26-48-18-10-19-56-4)41-37(44)22-39(51)57-41)25-46(42,54)45(38,53)24-35-20-31(29(2)30-11-8-9-12-30)14-15-36(40(32)52)47(35,43)55/h21-22,27,29-32,34-36,38,40-41,48,50,52-55H,5-20,23-26,28H2,1-4H3/t29-,31+,32+,34-,35+,36-,38+,40-,41+,42+,43-,44+,45-,46+,47-/m0/s1. The van der Waals surface area contributed by atoms with Crippen molar-refractivity contribution in [3.63, 3.8) is 0 Å². The van der Waals surface area contributed by atoms with Crippen LogP contribution in [0.1, 0.15) is 130 Å². The third-order valence-corrected chi connectivity index (χ3v) is 18.9. The largest absolute Gasteiger partial charge is 0.450 e. The van der Waals surface area contributed by atoms with E-state index in [2.05, 4.69) is 25.2 Å². The van der Waals surface area contributed by atoms with Crippen molar-refractivity contribution in [1.82, 2.24) is 5.32 Å². The van der Waals surface area contributed by atoms with Gasteiger partial charge in [-0.3, -0.25) is 0 Å². The highest BCUT2D eigenvalue weighted by Crippen LogP contribution is 2.79. The van der Waals surface area contributed by atoms with Crippen LogP contribution in [0.15, 0.2) is 23.3 Å². The number of nitrogens with one attached hydrogen (secondary N) is 1. The molecule has 0 aromatic heterocycles. The zero-order valence-electron chi connectivity index (χ0n) is 35.2. The molecule has 1 aliphatic heterocycles. The lowest BCUT2D eigenvalue weighted by Crippen LogP contribution is -2.81. The molecule has 320 valence electrons. The van der Waals surface area contributed by atoms with Crippen molar-refractivity contribution in [2.24, 2.45) is 63.6 Å². The van der Waals surface area contributed by atoms with Crippen molar-refractivity contribution >= 4 is 12.3 Å². The topological polar surface area (TPSA) is 166 Å². The number of fused-ring (bicyclic) bond motifs is 8. The number of hydrogen-bond donors (Lipinski definition) is 6. The minimum atomic E-state index is -1.78. The van der Waals surface area contributed by atoms with Crippen LogP contribution < -0.4 is 5.32 Å². The molecule has 0 bridgehead atoms. The number of unbranched alkanes of at least 4 members (excludes halogenated alkanes) is 2. The normalized spacial score (nSPS) is 48.1. The molecule has 57 heavy (non-hydrogen) atoms. The number of esters is 1. The molecule has 0 aromatic carbocycles. The van der Waals surface area contributed by atoms with Gasteiger partial charge in [-0.1, -0.05) is 71.8 Å². The van der Waals surface area contributed by atoms with E-state index in [4.69, 9.17) is 9.47 Å². The lowest BCUT2D eigenvalue weighted by molar-refractivity contribution is -0.350. The van der Waals surface area contributed by atoms with Gasteiger partial charge >= 0.3 is 5.97 Å². The van der Waals surface area contributed by atoms with Crippen molar-refractivity contribution in [2.75, 3.05) is 33.4 Å². The van der Waals surface area contributed by atoms with Gasteiger partial charge in [-0.25, -0.2) is 4.79 Å². The summed E-state index contributed by atoms with van der Waals surface area (Å²) in [6, 6.07) is 0. The summed E-state index contributed by atoms with van der Waals surface area (Å²) in [5.41, 5.74) is -7.08. The fourth-order valence-corrected chi connectivity index (χ4v) is 16.1. The predicted octanol–water partition coefficient (Wildman–Crippen LogP) is 5.42. The van der Waals surface area contributed by atoms with Crippen molar-refractivity contribution in [1.29, 1.82) is 0 Å². The highest BCUT2D eigenvalue weighted by molar-refractivity contribution is 5.87. The van der Waals surface area contributed by atoms with E-state index in [1.54, 1.807) is 7.11 Å². The number of aliphatic hydroxyl groups is 5. The summed E-state index contributed by atoms with van der Waals surface area (Å²) in [5.74, 6) is -1.56. The molecule has 7 aliphatic carbocycles. The minimum Gasteiger partial charge on any atom is -0.450 e. The summed E-state index contributed by atoms with van der Waals surface area (Å²) in [4.78, 5) is 27.5. The highest BCUT2D eigenvalue weighted by atomic mass is 16.5. The molecule has 10 heteroatoms. The van der Waals surface area contributed by atoms with Gasteiger partial charge in [-0.15, -0.1) is 0 Å². The van der Waals surface area contributed by atoms with Crippen LogP contribution in [0.2, 0.25) is 0 Å². The molecule has 0 aromatic rings. The Balaban J connectivity index is 1.24. The molecule has 15 atom stereocenters. The number of hydrogen-bond acceptors (Lipinski definition) is 10. The molecule has 0 saturated heterocycles. The molecule has 8 aliphatic rings. The van der Waals surface area contributed by atoms with Crippen LogP contribution in [0.25, 0.3) is 0 Å². The van der Waals surface area contributed by atoms with Crippen LogP contribution in [0.4, 0.5) is 0 Å². The maximum atomic E-state index is 14.3. The first kappa shape index (κ1) is 42.0. The molecule has 6 fully saturated rings. The smallest absolute Gasteiger partial charge is 0.331 e.